The zero-order valence-electron chi connectivity index (χ0n) is 13.8. The number of carboxylic acid groups (broad SMARTS) is 1. The highest BCUT2D eigenvalue weighted by atomic mass is 79.9. The Bertz CT molecular complexity index is 865. The minimum Gasteiger partial charge on any atom is -0.478 e. The minimum absolute atomic E-state index is 0.306. The van der Waals surface area contributed by atoms with Crippen LogP contribution in [0.15, 0.2) is 46.9 Å². The topological polar surface area (TPSA) is 49.3 Å². The van der Waals surface area contributed by atoms with Crippen molar-refractivity contribution in [3.8, 4) is 0 Å². The molecule has 2 saturated carbocycles. The minimum atomic E-state index is -0.836. The molecule has 0 aromatic heterocycles. The predicted molar refractivity (Wildman–Crippen MR) is 101 cm³/mol. The highest BCUT2D eigenvalue weighted by molar-refractivity contribution is 9.10. The zero-order valence-corrected chi connectivity index (χ0v) is 15.4. The van der Waals surface area contributed by atoms with Gasteiger partial charge in [-0.1, -0.05) is 28.1 Å². The van der Waals surface area contributed by atoms with Crippen molar-refractivity contribution < 1.29 is 9.90 Å². The molecule has 4 heteroatoms. The van der Waals surface area contributed by atoms with Crippen LogP contribution in [0.3, 0.4) is 0 Å². The van der Waals surface area contributed by atoms with E-state index in [-0.39, 0.29) is 0 Å². The molecule has 128 valence electrons. The molecule has 0 unspecified atom stereocenters. The molecular formula is C21H20BrNO2. The molecule has 3 aliphatic rings. The molecule has 0 saturated heterocycles. The molecule has 5 atom stereocenters. The second-order valence-electron chi connectivity index (χ2n) is 7.72. The van der Waals surface area contributed by atoms with Crippen LogP contribution in [-0.4, -0.2) is 11.1 Å². The average molecular weight is 398 g/mol. The molecule has 1 heterocycles. The molecule has 3 nitrogen and oxygen atoms in total. The first-order chi connectivity index (χ1) is 12.1. The molecule has 1 aliphatic heterocycles. The van der Waals surface area contributed by atoms with E-state index in [0.29, 0.717) is 29.4 Å². The molecule has 5 rings (SSSR count). The summed E-state index contributed by atoms with van der Waals surface area (Å²) in [7, 11) is 0. The van der Waals surface area contributed by atoms with Gasteiger partial charge < -0.3 is 10.4 Å². The molecule has 2 N–H and O–H groups in total. The van der Waals surface area contributed by atoms with E-state index in [9.17, 15) is 9.90 Å². The third kappa shape index (κ3) is 2.34. The van der Waals surface area contributed by atoms with E-state index in [1.807, 2.05) is 12.1 Å². The van der Waals surface area contributed by atoms with E-state index in [4.69, 9.17) is 0 Å². The number of nitrogens with one attached hydrogen (secondary N) is 1. The number of hydrogen-bond donors (Lipinski definition) is 2. The molecule has 2 bridgehead atoms. The van der Waals surface area contributed by atoms with Crippen molar-refractivity contribution in [3.05, 3.63) is 63.6 Å². The zero-order chi connectivity index (χ0) is 17.1. The standard InChI is InChI=1S/C21H20BrNO2/c22-15-3-1-2-13(9-15)20-19-12-5-4-11(8-12)18(19)16-10-14(21(24)25)6-7-17(16)23-20/h1-3,6-7,9-12,18-20,23H,4-5,8H2,(H,24,25)/t11-,12-,18-,19-,20-/m0/s1. The van der Waals surface area contributed by atoms with Gasteiger partial charge in [0.05, 0.1) is 11.6 Å². The van der Waals surface area contributed by atoms with Crippen molar-refractivity contribution in [2.45, 2.75) is 31.2 Å². The van der Waals surface area contributed by atoms with Gasteiger partial charge in [0, 0.05) is 10.2 Å². The number of hydrogen-bond acceptors (Lipinski definition) is 2. The monoisotopic (exact) mass is 397 g/mol. The van der Waals surface area contributed by atoms with Crippen LogP contribution in [0.25, 0.3) is 0 Å². The molecule has 0 amide bonds. The van der Waals surface area contributed by atoms with Gasteiger partial charge in [0.25, 0.3) is 0 Å². The van der Waals surface area contributed by atoms with Crippen LogP contribution in [-0.2, 0) is 0 Å². The Hall–Kier alpha value is -1.81. The van der Waals surface area contributed by atoms with Gasteiger partial charge in [0.2, 0.25) is 0 Å². The van der Waals surface area contributed by atoms with Crippen LogP contribution in [0.2, 0.25) is 0 Å². The first-order valence-electron chi connectivity index (χ1n) is 9.01. The highest BCUT2D eigenvalue weighted by Crippen LogP contribution is 2.63. The smallest absolute Gasteiger partial charge is 0.335 e. The normalized spacial score (nSPS) is 32.0. The summed E-state index contributed by atoms with van der Waals surface area (Å²) in [6.07, 6.45) is 3.89. The first-order valence-corrected chi connectivity index (χ1v) is 9.80. The summed E-state index contributed by atoms with van der Waals surface area (Å²) >= 11 is 3.61. The van der Waals surface area contributed by atoms with Crippen molar-refractivity contribution in [3.63, 3.8) is 0 Å². The molecule has 2 fully saturated rings. The Labute approximate surface area is 155 Å². The van der Waals surface area contributed by atoms with Crippen LogP contribution in [0, 0.1) is 17.8 Å². The van der Waals surface area contributed by atoms with Crippen LogP contribution in [0.5, 0.6) is 0 Å². The third-order valence-corrected chi connectivity index (χ3v) is 7.04. The summed E-state index contributed by atoms with van der Waals surface area (Å²) in [5.74, 6) is 1.65. The summed E-state index contributed by atoms with van der Waals surface area (Å²) < 4.78 is 1.11. The summed E-state index contributed by atoms with van der Waals surface area (Å²) in [4.78, 5) is 11.4. The second kappa shape index (κ2) is 5.60. The van der Waals surface area contributed by atoms with Crippen molar-refractivity contribution in [1.29, 1.82) is 0 Å². The van der Waals surface area contributed by atoms with E-state index in [1.54, 1.807) is 6.07 Å². The van der Waals surface area contributed by atoms with Gasteiger partial charge in [-0.2, -0.15) is 0 Å². The number of halogens is 1. The highest BCUT2D eigenvalue weighted by Gasteiger charge is 2.53. The fourth-order valence-electron chi connectivity index (χ4n) is 5.65. The molecule has 0 spiro atoms. The lowest BCUT2D eigenvalue weighted by molar-refractivity contribution is 0.0696. The molecule has 2 aromatic carbocycles. The number of aromatic carboxylic acids is 1. The van der Waals surface area contributed by atoms with Crippen molar-refractivity contribution >= 4 is 27.6 Å². The van der Waals surface area contributed by atoms with E-state index >= 15 is 0 Å². The maximum Gasteiger partial charge on any atom is 0.335 e. The van der Waals surface area contributed by atoms with E-state index in [2.05, 4.69) is 45.5 Å². The predicted octanol–water partition coefficient (Wildman–Crippen LogP) is 5.44. The van der Waals surface area contributed by atoms with Crippen molar-refractivity contribution in [1.82, 2.24) is 0 Å². The SMILES string of the molecule is O=C(O)c1ccc2c(c1)[C@@H]1[C@H]3CC[C@@H](C3)[C@@H]1[C@H](c1cccc(Br)c1)N2. The Balaban J connectivity index is 1.64. The quantitative estimate of drug-likeness (QED) is 0.708. The first kappa shape index (κ1) is 15.4. The van der Waals surface area contributed by atoms with Crippen LogP contribution in [0.4, 0.5) is 5.69 Å². The van der Waals surface area contributed by atoms with Crippen molar-refractivity contribution in [2.24, 2.45) is 17.8 Å². The molecule has 0 radical (unpaired) electrons. The lowest BCUT2D eigenvalue weighted by Crippen LogP contribution is -2.35. The van der Waals surface area contributed by atoms with Crippen LogP contribution >= 0.6 is 15.9 Å². The Morgan fingerprint density at radius 3 is 2.76 bits per heavy atom. The number of rotatable bonds is 2. The number of anilines is 1. The fourth-order valence-corrected chi connectivity index (χ4v) is 6.07. The van der Waals surface area contributed by atoms with Crippen molar-refractivity contribution in [2.75, 3.05) is 5.32 Å². The molecule has 2 aliphatic carbocycles. The summed E-state index contributed by atoms with van der Waals surface area (Å²) in [5.41, 5.74) is 4.07. The Kier molecular flexibility index (Phi) is 3.46. The van der Waals surface area contributed by atoms with Gasteiger partial charge in [-0.3, -0.25) is 0 Å². The number of fused-ring (bicyclic) bond motifs is 7. The van der Waals surface area contributed by atoms with Gasteiger partial charge in [-0.15, -0.1) is 0 Å². The van der Waals surface area contributed by atoms with Gasteiger partial charge >= 0.3 is 5.97 Å². The maximum absolute atomic E-state index is 11.4. The Morgan fingerprint density at radius 2 is 1.96 bits per heavy atom. The Morgan fingerprint density at radius 1 is 1.12 bits per heavy atom. The second-order valence-corrected chi connectivity index (χ2v) is 8.64. The summed E-state index contributed by atoms with van der Waals surface area (Å²) in [5, 5.41) is 13.1. The molecular weight excluding hydrogens is 378 g/mol. The molecule has 2 aromatic rings. The largest absolute Gasteiger partial charge is 0.478 e. The van der Waals surface area contributed by atoms with E-state index in [1.165, 1.54) is 30.4 Å². The summed E-state index contributed by atoms with van der Waals surface area (Å²) in [6.45, 7) is 0. The lowest BCUT2D eigenvalue weighted by Gasteiger charge is -2.43. The number of benzene rings is 2. The van der Waals surface area contributed by atoms with E-state index in [0.717, 1.165) is 16.1 Å². The molecule has 25 heavy (non-hydrogen) atoms. The van der Waals surface area contributed by atoms with Gasteiger partial charge in [0.1, 0.15) is 0 Å². The lowest BCUT2D eigenvalue weighted by atomic mass is 9.68. The van der Waals surface area contributed by atoms with Crippen LogP contribution < -0.4 is 5.32 Å². The third-order valence-electron chi connectivity index (χ3n) is 6.54. The average Bonchev–Trinajstić information content (AvgIpc) is 3.22. The maximum atomic E-state index is 11.4. The van der Waals surface area contributed by atoms with Gasteiger partial charge in [-0.05, 0) is 84.4 Å². The number of carboxylic acids is 1. The van der Waals surface area contributed by atoms with Gasteiger partial charge in [-0.25, -0.2) is 4.79 Å². The van der Waals surface area contributed by atoms with E-state index < -0.39 is 5.97 Å². The van der Waals surface area contributed by atoms with Gasteiger partial charge in [0.15, 0.2) is 0 Å². The summed E-state index contributed by atoms with van der Waals surface area (Å²) in [6, 6.07) is 14.5. The number of carbonyl (C=O) groups is 1. The fraction of sp³-hybridized carbons (Fsp3) is 0.381. The van der Waals surface area contributed by atoms with Crippen LogP contribution in [0.1, 0.15) is 52.7 Å².